The Morgan fingerprint density at radius 3 is 3.10 bits per heavy atom. The molecule has 0 bridgehead atoms. The summed E-state index contributed by atoms with van der Waals surface area (Å²) in [4.78, 5) is 22.6. The SMILES string of the molecule is Nc1ncc2c(n1)CN(C(=O)C[C@@H]1C[C@H]1C1CC1)CC2. The van der Waals surface area contributed by atoms with Gasteiger partial charge in [-0.05, 0) is 49.0 Å². The zero-order valence-electron chi connectivity index (χ0n) is 11.6. The van der Waals surface area contributed by atoms with Gasteiger partial charge in [0.1, 0.15) is 0 Å². The first-order valence-corrected chi connectivity index (χ1v) is 7.59. The van der Waals surface area contributed by atoms with Crippen molar-refractivity contribution in [1.29, 1.82) is 0 Å². The van der Waals surface area contributed by atoms with E-state index in [-0.39, 0.29) is 0 Å². The number of anilines is 1. The standard InChI is InChI=1S/C15H20N4O/c16-15-17-7-10-3-4-19(8-13(10)18-15)14(20)6-11-5-12(11)9-1-2-9/h7,9,11-12H,1-6,8H2,(H2,16,17,18)/t11-,12-/m0/s1. The first kappa shape index (κ1) is 12.1. The van der Waals surface area contributed by atoms with E-state index in [0.29, 0.717) is 24.3 Å². The summed E-state index contributed by atoms with van der Waals surface area (Å²) in [6.45, 7) is 1.39. The largest absolute Gasteiger partial charge is 0.368 e. The van der Waals surface area contributed by atoms with Crippen LogP contribution in [0.2, 0.25) is 0 Å². The highest BCUT2D eigenvalue weighted by Gasteiger charge is 2.48. The minimum atomic E-state index is 0.293. The van der Waals surface area contributed by atoms with E-state index in [4.69, 9.17) is 5.73 Å². The van der Waals surface area contributed by atoms with Crippen molar-refractivity contribution in [2.75, 3.05) is 12.3 Å². The highest BCUT2D eigenvalue weighted by atomic mass is 16.2. The summed E-state index contributed by atoms with van der Waals surface area (Å²) in [5.74, 6) is 3.05. The van der Waals surface area contributed by atoms with Crippen LogP contribution in [0, 0.1) is 17.8 Å². The topological polar surface area (TPSA) is 72.1 Å². The summed E-state index contributed by atoms with van der Waals surface area (Å²) >= 11 is 0. The number of hydrogen-bond donors (Lipinski definition) is 1. The summed E-state index contributed by atoms with van der Waals surface area (Å²) in [5, 5.41) is 0. The van der Waals surface area contributed by atoms with Crippen molar-refractivity contribution in [3.63, 3.8) is 0 Å². The van der Waals surface area contributed by atoms with E-state index >= 15 is 0 Å². The molecule has 20 heavy (non-hydrogen) atoms. The lowest BCUT2D eigenvalue weighted by Crippen LogP contribution is -2.36. The molecular weight excluding hydrogens is 252 g/mol. The molecule has 0 aromatic carbocycles. The molecule has 2 fully saturated rings. The van der Waals surface area contributed by atoms with Crippen molar-refractivity contribution in [3.8, 4) is 0 Å². The molecule has 2 N–H and O–H groups in total. The molecule has 0 spiro atoms. The number of rotatable bonds is 3. The third-order valence-corrected chi connectivity index (χ3v) is 4.96. The number of carbonyl (C=O) groups excluding carboxylic acids is 1. The number of nitrogens with zero attached hydrogens (tertiary/aromatic N) is 3. The van der Waals surface area contributed by atoms with Gasteiger partial charge in [0.15, 0.2) is 0 Å². The maximum Gasteiger partial charge on any atom is 0.223 e. The number of fused-ring (bicyclic) bond motifs is 1. The van der Waals surface area contributed by atoms with Crippen molar-refractivity contribution in [3.05, 3.63) is 17.5 Å². The maximum atomic E-state index is 12.4. The molecule has 0 unspecified atom stereocenters. The summed E-state index contributed by atoms with van der Waals surface area (Å²) in [5.41, 5.74) is 7.68. The highest BCUT2D eigenvalue weighted by Crippen LogP contribution is 2.55. The number of carbonyl (C=O) groups is 1. The Labute approximate surface area is 118 Å². The van der Waals surface area contributed by atoms with Crippen LogP contribution in [0.4, 0.5) is 5.95 Å². The smallest absolute Gasteiger partial charge is 0.223 e. The summed E-state index contributed by atoms with van der Waals surface area (Å²) in [7, 11) is 0. The molecule has 1 amide bonds. The van der Waals surface area contributed by atoms with Gasteiger partial charge >= 0.3 is 0 Å². The Balaban J connectivity index is 1.38. The van der Waals surface area contributed by atoms with Gasteiger partial charge in [0, 0.05) is 19.2 Å². The van der Waals surface area contributed by atoms with Gasteiger partial charge in [-0.1, -0.05) is 0 Å². The summed E-state index contributed by atoms with van der Waals surface area (Å²) < 4.78 is 0. The van der Waals surface area contributed by atoms with E-state index in [0.717, 1.165) is 42.5 Å². The van der Waals surface area contributed by atoms with E-state index in [1.165, 1.54) is 19.3 Å². The van der Waals surface area contributed by atoms with Gasteiger partial charge in [-0.3, -0.25) is 4.79 Å². The van der Waals surface area contributed by atoms with Crippen molar-refractivity contribution < 1.29 is 4.79 Å². The molecule has 0 radical (unpaired) electrons. The Kier molecular flexibility index (Phi) is 2.69. The molecule has 1 aliphatic heterocycles. The molecule has 5 nitrogen and oxygen atoms in total. The zero-order valence-corrected chi connectivity index (χ0v) is 11.6. The molecule has 5 heteroatoms. The third-order valence-electron chi connectivity index (χ3n) is 4.96. The summed E-state index contributed by atoms with van der Waals surface area (Å²) in [6, 6.07) is 0. The van der Waals surface area contributed by atoms with E-state index in [1.807, 2.05) is 4.90 Å². The van der Waals surface area contributed by atoms with E-state index < -0.39 is 0 Å². The fraction of sp³-hybridized carbons (Fsp3) is 0.667. The lowest BCUT2D eigenvalue weighted by atomic mass is 10.1. The number of nitrogens with two attached hydrogens (primary N) is 1. The zero-order chi connectivity index (χ0) is 13.7. The van der Waals surface area contributed by atoms with Crippen LogP contribution in [-0.4, -0.2) is 27.3 Å². The summed E-state index contributed by atoms with van der Waals surface area (Å²) in [6.07, 6.45) is 7.43. The average molecular weight is 272 g/mol. The second-order valence-electron chi connectivity index (χ2n) is 6.47. The van der Waals surface area contributed by atoms with Crippen LogP contribution in [0.15, 0.2) is 6.20 Å². The molecule has 0 saturated heterocycles. The van der Waals surface area contributed by atoms with Crippen molar-refractivity contribution in [1.82, 2.24) is 14.9 Å². The van der Waals surface area contributed by atoms with E-state index in [9.17, 15) is 4.79 Å². The molecular formula is C15H20N4O. The second-order valence-corrected chi connectivity index (χ2v) is 6.47. The van der Waals surface area contributed by atoms with Gasteiger partial charge in [0.25, 0.3) is 0 Å². The molecule has 2 heterocycles. The number of hydrogen-bond acceptors (Lipinski definition) is 4. The van der Waals surface area contributed by atoms with Crippen LogP contribution in [0.1, 0.15) is 36.9 Å². The van der Waals surface area contributed by atoms with Gasteiger partial charge in [0.2, 0.25) is 11.9 Å². The van der Waals surface area contributed by atoms with Crippen molar-refractivity contribution in [2.24, 2.45) is 17.8 Å². The van der Waals surface area contributed by atoms with Gasteiger partial charge in [0.05, 0.1) is 12.2 Å². The van der Waals surface area contributed by atoms with Gasteiger partial charge in [-0.2, -0.15) is 0 Å². The van der Waals surface area contributed by atoms with Crippen molar-refractivity contribution >= 4 is 11.9 Å². The monoisotopic (exact) mass is 272 g/mol. The minimum absolute atomic E-state index is 0.293. The average Bonchev–Trinajstić information content (AvgIpc) is 3.31. The highest BCUT2D eigenvalue weighted by molar-refractivity contribution is 5.77. The molecule has 2 atom stereocenters. The first-order chi connectivity index (χ1) is 9.70. The fourth-order valence-corrected chi connectivity index (χ4v) is 3.49. The Hall–Kier alpha value is -1.65. The second kappa shape index (κ2) is 4.43. The molecule has 2 saturated carbocycles. The van der Waals surface area contributed by atoms with Crippen LogP contribution >= 0.6 is 0 Å². The molecule has 106 valence electrons. The maximum absolute atomic E-state index is 12.4. The molecule has 1 aromatic heterocycles. The number of nitrogen functional groups attached to an aromatic ring is 1. The van der Waals surface area contributed by atoms with Crippen LogP contribution < -0.4 is 5.73 Å². The Morgan fingerprint density at radius 2 is 2.30 bits per heavy atom. The Morgan fingerprint density at radius 1 is 1.45 bits per heavy atom. The van der Waals surface area contributed by atoms with E-state index in [1.54, 1.807) is 6.20 Å². The molecule has 1 aromatic rings. The van der Waals surface area contributed by atoms with Crippen LogP contribution in [0.5, 0.6) is 0 Å². The number of aromatic nitrogens is 2. The lowest BCUT2D eigenvalue weighted by Gasteiger charge is -2.28. The minimum Gasteiger partial charge on any atom is -0.368 e. The molecule has 3 aliphatic rings. The van der Waals surface area contributed by atoms with Crippen LogP contribution in [0.25, 0.3) is 0 Å². The quantitative estimate of drug-likeness (QED) is 0.902. The first-order valence-electron chi connectivity index (χ1n) is 7.59. The lowest BCUT2D eigenvalue weighted by molar-refractivity contribution is -0.132. The van der Waals surface area contributed by atoms with Gasteiger partial charge < -0.3 is 10.6 Å². The normalized spacial score (nSPS) is 28.1. The third kappa shape index (κ3) is 2.25. The van der Waals surface area contributed by atoms with Crippen LogP contribution in [-0.2, 0) is 17.8 Å². The number of amides is 1. The van der Waals surface area contributed by atoms with Crippen molar-refractivity contribution in [2.45, 2.75) is 38.6 Å². The molecule has 2 aliphatic carbocycles. The van der Waals surface area contributed by atoms with Gasteiger partial charge in [-0.25, -0.2) is 9.97 Å². The van der Waals surface area contributed by atoms with Gasteiger partial charge in [-0.15, -0.1) is 0 Å². The van der Waals surface area contributed by atoms with E-state index in [2.05, 4.69) is 9.97 Å². The predicted octanol–water partition coefficient (Wildman–Crippen LogP) is 1.38. The van der Waals surface area contributed by atoms with Crippen LogP contribution in [0.3, 0.4) is 0 Å². The fourth-order valence-electron chi connectivity index (χ4n) is 3.49. The predicted molar refractivity (Wildman–Crippen MR) is 74.5 cm³/mol. The molecule has 4 rings (SSSR count). The Bertz CT molecular complexity index is 555.